The number of aromatic nitrogens is 1. The smallest absolute Gasteiger partial charge is 0.249 e. The van der Waals surface area contributed by atoms with Crippen LogP contribution in [0.5, 0.6) is 5.88 Å². The summed E-state index contributed by atoms with van der Waals surface area (Å²) in [6.07, 6.45) is 3.73. The third kappa shape index (κ3) is 3.93. The lowest BCUT2D eigenvalue weighted by molar-refractivity contribution is 0.0999. The van der Waals surface area contributed by atoms with E-state index >= 15 is 0 Å². The van der Waals surface area contributed by atoms with Gasteiger partial charge in [-0.2, -0.15) is 0 Å². The Hall–Kier alpha value is -2.11. The van der Waals surface area contributed by atoms with Crippen LogP contribution >= 0.6 is 0 Å². The van der Waals surface area contributed by atoms with Crippen LogP contribution in [0.15, 0.2) is 12.1 Å². The third-order valence-electron chi connectivity index (χ3n) is 3.43. The SMILES string of the molecule is CCCC(CCC)C(=N)n1c(OC)cc(C(N)=O)cc1=N. The summed E-state index contributed by atoms with van der Waals surface area (Å²) in [6, 6.07) is 2.85. The van der Waals surface area contributed by atoms with Gasteiger partial charge in [0.1, 0.15) is 11.3 Å². The molecule has 0 aliphatic heterocycles. The first-order valence-corrected chi connectivity index (χ1v) is 7.20. The number of rotatable bonds is 7. The van der Waals surface area contributed by atoms with Gasteiger partial charge in [-0.15, -0.1) is 0 Å². The maximum absolute atomic E-state index is 11.3. The highest BCUT2D eigenvalue weighted by atomic mass is 16.5. The van der Waals surface area contributed by atoms with Crippen molar-refractivity contribution in [1.29, 1.82) is 10.8 Å². The number of nitrogens with two attached hydrogens (primary N) is 1. The molecule has 0 atom stereocenters. The Kier molecular flexibility index (Phi) is 6.14. The zero-order valence-corrected chi connectivity index (χ0v) is 12.9. The van der Waals surface area contributed by atoms with Crippen molar-refractivity contribution in [2.75, 3.05) is 7.11 Å². The molecule has 0 spiro atoms. The van der Waals surface area contributed by atoms with E-state index in [0.29, 0.717) is 11.7 Å². The third-order valence-corrected chi connectivity index (χ3v) is 3.43. The molecule has 0 saturated heterocycles. The molecular weight excluding hydrogens is 268 g/mol. The first kappa shape index (κ1) is 16.9. The summed E-state index contributed by atoms with van der Waals surface area (Å²) in [5, 5.41) is 16.5. The topological polar surface area (TPSA) is 105 Å². The molecule has 1 amide bonds. The minimum atomic E-state index is -0.612. The highest BCUT2D eigenvalue weighted by Crippen LogP contribution is 2.19. The fraction of sp³-hybridized carbons (Fsp3) is 0.533. The quantitative estimate of drug-likeness (QED) is 0.529. The average molecular weight is 292 g/mol. The lowest BCUT2D eigenvalue weighted by Gasteiger charge is -2.21. The average Bonchev–Trinajstić information content (AvgIpc) is 2.45. The Morgan fingerprint density at radius 1 is 1.33 bits per heavy atom. The molecule has 1 aromatic rings. The van der Waals surface area contributed by atoms with Crippen LogP contribution in [0, 0.1) is 16.7 Å². The van der Waals surface area contributed by atoms with Gasteiger partial charge in [0, 0.05) is 17.5 Å². The second-order valence-electron chi connectivity index (χ2n) is 5.03. The predicted molar refractivity (Wildman–Crippen MR) is 81.8 cm³/mol. The van der Waals surface area contributed by atoms with Crippen molar-refractivity contribution in [1.82, 2.24) is 4.57 Å². The maximum atomic E-state index is 11.3. The monoisotopic (exact) mass is 292 g/mol. The summed E-state index contributed by atoms with van der Waals surface area (Å²) < 4.78 is 6.67. The highest BCUT2D eigenvalue weighted by molar-refractivity contribution is 5.93. The largest absolute Gasteiger partial charge is 0.482 e. The number of pyridine rings is 1. The summed E-state index contributed by atoms with van der Waals surface area (Å²) in [5.41, 5.74) is 5.49. The molecule has 0 aromatic carbocycles. The number of amides is 1. The molecular formula is C15H24N4O2. The van der Waals surface area contributed by atoms with Crippen LogP contribution in [0.1, 0.15) is 49.9 Å². The fourth-order valence-electron chi connectivity index (χ4n) is 2.41. The number of nitrogens with zero attached hydrogens (tertiary/aromatic N) is 1. The number of carbonyl (C=O) groups is 1. The molecule has 1 heterocycles. The molecule has 0 saturated carbocycles. The summed E-state index contributed by atoms with van der Waals surface area (Å²) in [6.45, 7) is 4.16. The highest BCUT2D eigenvalue weighted by Gasteiger charge is 2.19. The number of carbonyl (C=O) groups excluding carboxylic acids is 1. The first-order chi connectivity index (χ1) is 9.96. The van der Waals surface area contributed by atoms with E-state index in [1.54, 1.807) is 0 Å². The van der Waals surface area contributed by atoms with Crippen molar-refractivity contribution >= 4 is 11.7 Å². The van der Waals surface area contributed by atoms with Crippen molar-refractivity contribution in [3.63, 3.8) is 0 Å². The summed E-state index contributed by atoms with van der Waals surface area (Å²) in [7, 11) is 1.46. The standard InChI is InChI=1S/C15H24N4O2/c1-4-6-10(7-5-2)14(17)19-12(16)8-11(15(18)20)9-13(19)21-3/h8-10,16-17H,4-7H2,1-3H3,(H2,18,20). The minimum Gasteiger partial charge on any atom is -0.482 e. The Morgan fingerprint density at radius 3 is 2.33 bits per heavy atom. The molecule has 1 rings (SSSR count). The molecule has 0 aliphatic rings. The second kappa shape index (κ2) is 7.61. The Bertz CT molecular complexity index is 572. The molecule has 0 fully saturated rings. The van der Waals surface area contributed by atoms with Crippen LogP contribution in [0.25, 0.3) is 0 Å². The molecule has 0 unspecified atom stereocenters. The van der Waals surface area contributed by atoms with Crippen molar-refractivity contribution in [2.24, 2.45) is 11.7 Å². The van der Waals surface area contributed by atoms with Crippen LogP contribution in [-0.4, -0.2) is 23.4 Å². The van der Waals surface area contributed by atoms with Gasteiger partial charge in [0.2, 0.25) is 11.8 Å². The Balaban J connectivity index is 3.31. The molecule has 6 nitrogen and oxygen atoms in total. The van der Waals surface area contributed by atoms with Crippen molar-refractivity contribution < 1.29 is 9.53 Å². The molecule has 6 heteroatoms. The van der Waals surface area contributed by atoms with Gasteiger partial charge in [-0.05, 0) is 18.9 Å². The molecule has 0 aliphatic carbocycles. The molecule has 21 heavy (non-hydrogen) atoms. The molecule has 4 N–H and O–H groups in total. The van der Waals surface area contributed by atoms with Gasteiger partial charge in [0.25, 0.3) is 0 Å². The predicted octanol–water partition coefficient (Wildman–Crippen LogP) is 2.12. The fourth-order valence-corrected chi connectivity index (χ4v) is 2.41. The van der Waals surface area contributed by atoms with Gasteiger partial charge in [-0.1, -0.05) is 26.7 Å². The summed E-state index contributed by atoms with van der Waals surface area (Å²) >= 11 is 0. The minimum absolute atomic E-state index is 0.0327. The van der Waals surface area contributed by atoms with E-state index in [4.69, 9.17) is 21.3 Å². The van der Waals surface area contributed by atoms with Gasteiger partial charge in [0.05, 0.1) is 7.11 Å². The van der Waals surface area contributed by atoms with Gasteiger partial charge >= 0.3 is 0 Å². The second-order valence-corrected chi connectivity index (χ2v) is 5.03. The Morgan fingerprint density at radius 2 is 1.90 bits per heavy atom. The number of primary amides is 1. The number of hydrogen-bond acceptors (Lipinski definition) is 4. The van der Waals surface area contributed by atoms with Crippen LogP contribution in [0.2, 0.25) is 0 Å². The number of nitrogens with one attached hydrogen (secondary N) is 2. The maximum Gasteiger partial charge on any atom is 0.249 e. The van der Waals surface area contributed by atoms with E-state index in [9.17, 15) is 4.79 Å². The lowest BCUT2D eigenvalue weighted by Crippen LogP contribution is -2.33. The van der Waals surface area contributed by atoms with Gasteiger partial charge in [-0.25, -0.2) is 0 Å². The van der Waals surface area contributed by atoms with E-state index in [0.717, 1.165) is 25.7 Å². The number of hydrogen-bond donors (Lipinski definition) is 3. The van der Waals surface area contributed by atoms with Crippen molar-refractivity contribution in [3.05, 3.63) is 23.2 Å². The van der Waals surface area contributed by atoms with Crippen LogP contribution in [0.4, 0.5) is 0 Å². The summed E-state index contributed by atoms with van der Waals surface area (Å²) in [5.74, 6) is 0.0802. The van der Waals surface area contributed by atoms with Crippen molar-refractivity contribution in [2.45, 2.75) is 39.5 Å². The van der Waals surface area contributed by atoms with Gasteiger partial charge < -0.3 is 10.5 Å². The van der Waals surface area contributed by atoms with E-state index in [1.165, 1.54) is 23.8 Å². The zero-order chi connectivity index (χ0) is 16.0. The van der Waals surface area contributed by atoms with E-state index < -0.39 is 5.91 Å². The van der Waals surface area contributed by atoms with Crippen LogP contribution < -0.4 is 16.0 Å². The van der Waals surface area contributed by atoms with Gasteiger partial charge in [-0.3, -0.25) is 20.2 Å². The first-order valence-electron chi connectivity index (χ1n) is 7.20. The van der Waals surface area contributed by atoms with E-state index in [1.807, 2.05) is 0 Å². The zero-order valence-electron chi connectivity index (χ0n) is 12.9. The number of ether oxygens (including phenoxy) is 1. The molecule has 0 bridgehead atoms. The molecule has 116 valence electrons. The molecule has 1 aromatic heterocycles. The normalized spacial score (nSPS) is 10.7. The lowest BCUT2D eigenvalue weighted by atomic mass is 9.96. The van der Waals surface area contributed by atoms with E-state index in [-0.39, 0.29) is 17.0 Å². The Labute approximate surface area is 124 Å². The number of methoxy groups -OCH3 is 1. The van der Waals surface area contributed by atoms with Crippen molar-refractivity contribution in [3.8, 4) is 5.88 Å². The summed E-state index contributed by atoms with van der Waals surface area (Å²) in [4.78, 5) is 11.3. The van der Waals surface area contributed by atoms with Gasteiger partial charge in [0.15, 0.2) is 0 Å². The van der Waals surface area contributed by atoms with Crippen LogP contribution in [-0.2, 0) is 0 Å². The van der Waals surface area contributed by atoms with E-state index in [2.05, 4.69) is 13.8 Å². The van der Waals surface area contributed by atoms with Crippen LogP contribution in [0.3, 0.4) is 0 Å². The molecule has 0 radical (unpaired) electrons.